The molecule has 2 unspecified atom stereocenters. The predicted molar refractivity (Wildman–Crippen MR) is 112 cm³/mol. The van der Waals surface area contributed by atoms with Gasteiger partial charge in [-0.1, -0.05) is 79.8 Å². The summed E-state index contributed by atoms with van der Waals surface area (Å²) in [7, 11) is 1.38. The molecule has 2 N–H and O–H groups in total. The van der Waals surface area contributed by atoms with Crippen molar-refractivity contribution in [3.8, 4) is 0 Å². The number of ether oxygens (including phenoxy) is 1. The number of aliphatic hydroxyl groups is 2. The number of methoxy groups -OCH3 is 1. The Bertz CT molecular complexity index is 539. The molecule has 0 heterocycles. The molecule has 0 aliphatic heterocycles. The molecule has 0 aromatic rings. The molecule has 0 aliphatic carbocycles. The molecule has 0 bridgehead atoms. The third-order valence-electron chi connectivity index (χ3n) is 3.54. The zero-order valence-electron chi connectivity index (χ0n) is 16.5. The van der Waals surface area contributed by atoms with Crippen molar-refractivity contribution in [2.24, 2.45) is 0 Å². The van der Waals surface area contributed by atoms with Gasteiger partial charge in [0.15, 0.2) is 0 Å². The Morgan fingerprint density at radius 2 is 1.44 bits per heavy atom. The van der Waals surface area contributed by atoms with Crippen LogP contribution in [0, 0.1) is 0 Å². The summed E-state index contributed by atoms with van der Waals surface area (Å²) in [5, 5.41) is 19.5. The zero-order valence-corrected chi connectivity index (χ0v) is 16.5. The number of allylic oxidation sites excluding steroid dienone is 9. The molecule has 0 aliphatic rings. The van der Waals surface area contributed by atoms with Crippen LogP contribution in [-0.4, -0.2) is 35.5 Å². The molecule has 27 heavy (non-hydrogen) atoms. The van der Waals surface area contributed by atoms with E-state index < -0.39 is 12.2 Å². The maximum absolute atomic E-state index is 10.9. The summed E-state index contributed by atoms with van der Waals surface area (Å²) in [5.74, 6) is -0.209. The molecule has 2 atom stereocenters. The van der Waals surface area contributed by atoms with Gasteiger partial charge in [0.05, 0.1) is 19.3 Å². The van der Waals surface area contributed by atoms with Crippen molar-refractivity contribution in [2.75, 3.05) is 7.11 Å². The lowest BCUT2D eigenvalue weighted by Gasteiger charge is -2.01. The summed E-state index contributed by atoms with van der Waals surface area (Å²) in [6.45, 7) is 2.06. The Labute approximate surface area is 163 Å². The first-order valence-electron chi connectivity index (χ1n) is 9.51. The zero-order chi connectivity index (χ0) is 20.2. The van der Waals surface area contributed by atoms with Crippen LogP contribution in [0.4, 0.5) is 0 Å². The molecular formula is C23H34O4. The minimum absolute atomic E-state index is 0.209. The highest BCUT2D eigenvalue weighted by Gasteiger charge is 1.97. The van der Waals surface area contributed by atoms with Gasteiger partial charge in [-0.05, 0) is 32.1 Å². The highest BCUT2D eigenvalue weighted by atomic mass is 16.5. The maximum atomic E-state index is 10.9. The molecule has 4 heteroatoms. The van der Waals surface area contributed by atoms with E-state index in [0.717, 1.165) is 12.8 Å². The summed E-state index contributed by atoms with van der Waals surface area (Å²) in [6, 6.07) is 0. The second kappa shape index (κ2) is 18.6. The molecular weight excluding hydrogens is 340 g/mol. The van der Waals surface area contributed by atoms with Crippen LogP contribution in [-0.2, 0) is 9.53 Å². The molecule has 0 fully saturated rings. The van der Waals surface area contributed by atoms with Crippen LogP contribution in [0.5, 0.6) is 0 Å². The van der Waals surface area contributed by atoms with Crippen LogP contribution in [0.3, 0.4) is 0 Å². The fourth-order valence-electron chi connectivity index (χ4n) is 2.02. The Kier molecular flexibility index (Phi) is 17.1. The average molecular weight is 375 g/mol. The second-order valence-electron chi connectivity index (χ2n) is 5.95. The van der Waals surface area contributed by atoms with Gasteiger partial charge in [0.1, 0.15) is 0 Å². The van der Waals surface area contributed by atoms with Gasteiger partial charge in [0, 0.05) is 6.42 Å². The highest BCUT2D eigenvalue weighted by molar-refractivity contribution is 5.69. The van der Waals surface area contributed by atoms with Crippen LogP contribution < -0.4 is 0 Å². The second-order valence-corrected chi connectivity index (χ2v) is 5.95. The minimum atomic E-state index is -0.491. The van der Waals surface area contributed by atoms with Crippen LogP contribution in [0.15, 0.2) is 72.9 Å². The minimum Gasteiger partial charge on any atom is -0.469 e. The molecule has 0 radical (unpaired) electrons. The van der Waals surface area contributed by atoms with Crippen LogP contribution in [0.2, 0.25) is 0 Å². The lowest BCUT2D eigenvalue weighted by molar-refractivity contribution is -0.140. The lowest BCUT2D eigenvalue weighted by Crippen LogP contribution is -2.00. The van der Waals surface area contributed by atoms with E-state index >= 15 is 0 Å². The average Bonchev–Trinajstić information content (AvgIpc) is 2.66. The number of aliphatic hydroxyl groups excluding tert-OH is 2. The fourth-order valence-corrected chi connectivity index (χ4v) is 2.02. The molecule has 0 rings (SSSR count). The highest BCUT2D eigenvalue weighted by Crippen LogP contribution is 2.02. The molecule has 0 aromatic carbocycles. The van der Waals surface area contributed by atoms with Crippen molar-refractivity contribution in [1.29, 1.82) is 0 Å². The summed E-state index contributed by atoms with van der Waals surface area (Å²) in [4.78, 5) is 10.9. The van der Waals surface area contributed by atoms with Crippen molar-refractivity contribution in [1.82, 2.24) is 0 Å². The molecule has 4 nitrogen and oxygen atoms in total. The predicted octanol–water partition coefficient (Wildman–Crippen LogP) is 4.58. The summed E-state index contributed by atoms with van der Waals surface area (Å²) < 4.78 is 4.56. The summed E-state index contributed by atoms with van der Waals surface area (Å²) in [5.41, 5.74) is 0. The topological polar surface area (TPSA) is 66.8 Å². The number of hydrogen-bond acceptors (Lipinski definition) is 4. The number of carbonyl (C=O) groups is 1. The largest absolute Gasteiger partial charge is 0.469 e. The van der Waals surface area contributed by atoms with E-state index in [1.807, 2.05) is 60.8 Å². The van der Waals surface area contributed by atoms with Crippen molar-refractivity contribution in [3.63, 3.8) is 0 Å². The first-order chi connectivity index (χ1) is 13.1. The number of esters is 1. The number of rotatable bonds is 14. The van der Waals surface area contributed by atoms with E-state index in [1.165, 1.54) is 7.11 Å². The van der Waals surface area contributed by atoms with E-state index in [-0.39, 0.29) is 5.97 Å². The van der Waals surface area contributed by atoms with Gasteiger partial charge in [0.2, 0.25) is 0 Å². The van der Waals surface area contributed by atoms with Gasteiger partial charge in [0.25, 0.3) is 0 Å². The molecule has 0 aromatic heterocycles. The molecule has 0 saturated carbocycles. The fraction of sp³-hybridized carbons (Fsp3) is 0.435. The Hall–Kier alpha value is -2.17. The van der Waals surface area contributed by atoms with E-state index in [2.05, 4.69) is 11.7 Å². The van der Waals surface area contributed by atoms with Gasteiger partial charge in [-0.25, -0.2) is 0 Å². The van der Waals surface area contributed by atoms with Gasteiger partial charge in [-0.15, -0.1) is 0 Å². The summed E-state index contributed by atoms with van der Waals surface area (Å²) in [6.07, 6.45) is 25.6. The van der Waals surface area contributed by atoms with Crippen LogP contribution >= 0.6 is 0 Å². The van der Waals surface area contributed by atoms with Crippen molar-refractivity contribution in [2.45, 2.75) is 57.7 Å². The Morgan fingerprint density at radius 3 is 2.07 bits per heavy atom. The van der Waals surface area contributed by atoms with Crippen molar-refractivity contribution < 1.29 is 19.7 Å². The monoisotopic (exact) mass is 374 g/mol. The van der Waals surface area contributed by atoms with Crippen LogP contribution in [0.25, 0.3) is 0 Å². The standard InChI is InChI=1S/C23H34O4/c1-3-4-11-16-21(24)17-12-7-5-6-8-13-18-22(25)19-14-9-10-15-20-23(26)27-2/h4-13,17-18,21-22,24-25H,3,14-16,19-20H2,1-2H3/b7-5-,8-6+,10-9-,11-4-,17-12+,18-13+. The van der Waals surface area contributed by atoms with Gasteiger partial charge in [-0.2, -0.15) is 0 Å². The third-order valence-corrected chi connectivity index (χ3v) is 3.54. The van der Waals surface area contributed by atoms with E-state index in [4.69, 9.17) is 0 Å². The maximum Gasteiger partial charge on any atom is 0.305 e. The lowest BCUT2D eigenvalue weighted by atomic mass is 10.1. The molecule has 0 saturated heterocycles. The Balaban J connectivity index is 3.87. The SMILES string of the molecule is CC/C=C\CC(O)/C=C/C=C\C=C\C=C\C(O)CC/C=C\CCC(=O)OC. The molecule has 0 amide bonds. The Morgan fingerprint density at radius 1 is 0.852 bits per heavy atom. The van der Waals surface area contributed by atoms with E-state index in [0.29, 0.717) is 25.7 Å². The molecule has 150 valence electrons. The van der Waals surface area contributed by atoms with Crippen LogP contribution in [0.1, 0.15) is 45.4 Å². The van der Waals surface area contributed by atoms with Gasteiger partial charge >= 0.3 is 5.97 Å². The quantitative estimate of drug-likeness (QED) is 0.265. The smallest absolute Gasteiger partial charge is 0.305 e. The number of carbonyl (C=O) groups excluding carboxylic acids is 1. The summed E-state index contributed by atoms with van der Waals surface area (Å²) >= 11 is 0. The van der Waals surface area contributed by atoms with Crippen molar-refractivity contribution >= 4 is 5.97 Å². The van der Waals surface area contributed by atoms with Gasteiger partial charge in [-0.3, -0.25) is 4.79 Å². The number of hydrogen-bond donors (Lipinski definition) is 2. The first kappa shape index (κ1) is 24.8. The van der Waals surface area contributed by atoms with E-state index in [9.17, 15) is 15.0 Å². The first-order valence-corrected chi connectivity index (χ1v) is 9.51. The molecule has 0 spiro atoms. The normalized spacial score (nSPS) is 15.3. The third kappa shape index (κ3) is 18.4. The van der Waals surface area contributed by atoms with Gasteiger partial charge < -0.3 is 14.9 Å². The van der Waals surface area contributed by atoms with Crippen molar-refractivity contribution in [3.05, 3.63) is 72.9 Å². The van der Waals surface area contributed by atoms with E-state index in [1.54, 1.807) is 12.2 Å².